The van der Waals surface area contributed by atoms with Gasteiger partial charge in [-0.25, -0.2) is 0 Å². The third-order valence-corrected chi connectivity index (χ3v) is 4.09. The first-order valence-corrected chi connectivity index (χ1v) is 7.58. The van der Waals surface area contributed by atoms with Crippen molar-refractivity contribution in [3.8, 4) is 10.7 Å². The zero-order valence-corrected chi connectivity index (χ0v) is 11.8. The van der Waals surface area contributed by atoms with Gasteiger partial charge in [0.1, 0.15) is 0 Å². The Bertz CT molecular complexity index is 561. The fourth-order valence-electron chi connectivity index (χ4n) is 2.19. The molecule has 0 spiro atoms. The molecule has 1 fully saturated rings. The molecule has 2 aromatic rings. The van der Waals surface area contributed by atoms with Crippen LogP contribution in [0.4, 0.5) is 0 Å². The van der Waals surface area contributed by atoms with Crippen LogP contribution in [0, 0.1) is 0 Å². The van der Waals surface area contributed by atoms with Gasteiger partial charge < -0.3 is 15.2 Å². The molecule has 0 radical (unpaired) electrons. The number of thiophene rings is 1. The zero-order chi connectivity index (χ0) is 13.8. The van der Waals surface area contributed by atoms with Crippen LogP contribution in [0.25, 0.3) is 10.7 Å². The molecular weight excluding hydrogens is 276 g/mol. The van der Waals surface area contributed by atoms with E-state index < -0.39 is 0 Å². The Hall–Kier alpha value is -1.73. The standard InChI is InChI=1S/C13H16N4O2S/c18-13(9-3-1-6-14-9)15-7-5-11-16-12(17-19-11)10-4-2-8-20-10/h2,4,8-9,14H,1,3,5-7H2,(H,15,18). The maximum absolute atomic E-state index is 11.8. The smallest absolute Gasteiger partial charge is 0.237 e. The highest BCUT2D eigenvalue weighted by atomic mass is 32.1. The van der Waals surface area contributed by atoms with Gasteiger partial charge in [-0.05, 0) is 30.8 Å². The molecule has 106 valence electrons. The van der Waals surface area contributed by atoms with Crippen molar-refractivity contribution >= 4 is 17.2 Å². The van der Waals surface area contributed by atoms with Gasteiger partial charge in [0.05, 0.1) is 10.9 Å². The first-order valence-electron chi connectivity index (χ1n) is 6.70. The highest BCUT2D eigenvalue weighted by Crippen LogP contribution is 2.21. The predicted octanol–water partition coefficient (Wildman–Crippen LogP) is 1.21. The number of amides is 1. The van der Waals surface area contributed by atoms with Crippen molar-refractivity contribution in [3.63, 3.8) is 0 Å². The quantitative estimate of drug-likeness (QED) is 0.866. The molecule has 0 bridgehead atoms. The van der Waals surface area contributed by atoms with Gasteiger partial charge in [0.25, 0.3) is 0 Å². The largest absolute Gasteiger partial charge is 0.354 e. The van der Waals surface area contributed by atoms with Gasteiger partial charge in [-0.1, -0.05) is 11.2 Å². The van der Waals surface area contributed by atoms with Gasteiger partial charge in [0, 0.05) is 13.0 Å². The second kappa shape index (κ2) is 6.15. The maximum Gasteiger partial charge on any atom is 0.237 e. The van der Waals surface area contributed by atoms with Crippen LogP contribution in [0.5, 0.6) is 0 Å². The molecule has 1 aliphatic heterocycles. The lowest BCUT2D eigenvalue weighted by molar-refractivity contribution is -0.122. The van der Waals surface area contributed by atoms with Gasteiger partial charge in [0.2, 0.25) is 17.6 Å². The van der Waals surface area contributed by atoms with Crippen molar-refractivity contribution in [2.45, 2.75) is 25.3 Å². The van der Waals surface area contributed by atoms with Crippen molar-refractivity contribution in [2.75, 3.05) is 13.1 Å². The number of nitrogens with zero attached hydrogens (tertiary/aromatic N) is 2. The third-order valence-electron chi connectivity index (χ3n) is 3.22. The van der Waals surface area contributed by atoms with Crippen molar-refractivity contribution in [1.29, 1.82) is 0 Å². The lowest BCUT2D eigenvalue weighted by atomic mass is 10.2. The molecule has 2 aromatic heterocycles. The molecule has 1 amide bonds. The van der Waals surface area contributed by atoms with E-state index >= 15 is 0 Å². The number of rotatable bonds is 5. The van der Waals surface area contributed by atoms with E-state index in [-0.39, 0.29) is 11.9 Å². The zero-order valence-electron chi connectivity index (χ0n) is 11.0. The summed E-state index contributed by atoms with van der Waals surface area (Å²) in [5.74, 6) is 1.22. The topological polar surface area (TPSA) is 80.1 Å². The van der Waals surface area contributed by atoms with Gasteiger partial charge >= 0.3 is 0 Å². The normalized spacial score (nSPS) is 18.3. The Balaban J connectivity index is 1.48. The van der Waals surface area contributed by atoms with Crippen LogP contribution in [0.15, 0.2) is 22.0 Å². The summed E-state index contributed by atoms with van der Waals surface area (Å²) < 4.78 is 5.17. The molecule has 0 aromatic carbocycles. The molecule has 1 atom stereocenters. The van der Waals surface area contributed by atoms with E-state index in [1.807, 2.05) is 17.5 Å². The number of hydrogen-bond donors (Lipinski definition) is 2. The Morgan fingerprint density at radius 2 is 2.55 bits per heavy atom. The summed E-state index contributed by atoms with van der Waals surface area (Å²) in [4.78, 5) is 17.1. The summed E-state index contributed by atoms with van der Waals surface area (Å²) >= 11 is 1.57. The van der Waals surface area contributed by atoms with Crippen LogP contribution in [0.2, 0.25) is 0 Å². The third kappa shape index (κ3) is 3.05. The number of nitrogens with one attached hydrogen (secondary N) is 2. The first kappa shape index (κ1) is 13.3. The Kier molecular flexibility index (Phi) is 4.08. The summed E-state index contributed by atoms with van der Waals surface area (Å²) in [7, 11) is 0. The average molecular weight is 292 g/mol. The molecule has 1 saturated heterocycles. The molecular formula is C13H16N4O2S. The average Bonchev–Trinajstić information content (AvgIpc) is 3.20. The number of carbonyl (C=O) groups is 1. The summed E-state index contributed by atoms with van der Waals surface area (Å²) in [6.07, 6.45) is 2.53. The number of aromatic nitrogens is 2. The first-order chi connectivity index (χ1) is 9.83. The van der Waals surface area contributed by atoms with Crippen LogP contribution < -0.4 is 10.6 Å². The predicted molar refractivity (Wildman–Crippen MR) is 75.3 cm³/mol. The summed E-state index contributed by atoms with van der Waals surface area (Å²) in [6.45, 7) is 1.44. The van der Waals surface area contributed by atoms with E-state index in [4.69, 9.17) is 4.52 Å². The maximum atomic E-state index is 11.8. The van der Waals surface area contributed by atoms with Crippen LogP contribution in [0.3, 0.4) is 0 Å². The molecule has 3 rings (SSSR count). The van der Waals surface area contributed by atoms with E-state index in [0.717, 1.165) is 24.3 Å². The molecule has 0 aliphatic carbocycles. The molecule has 1 aliphatic rings. The summed E-state index contributed by atoms with van der Waals surface area (Å²) in [6, 6.07) is 3.86. The molecule has 1 unspecified atom stereocenters. The fourth-order valence-corrected chi connectivity index (χ4v) is 2.84. The van der Waals surface area contributed by atoms with Crippen LogP contribution in [-0.2, 0) is 11.2 Å². The molecule has 6 nitrogen and oxygen atoms in total. The Morgan fingerprint density at radius 1 is 1.60 bits per heavy atom. The second-order valence-electron chi connectivity index (χ2n) is 4.68. The minimum absolute atomic E-state index is 0.0423. The monoisotopic (exact) mass is 292 g/mol. The van der Waals surface area contributed by atoms with Crippen molar-refractivity contribution in [3.05, 3.63) is 23.4 Å². The van der Waals surface area contributed by atoms with E-state index in [9.17, 15) is 4.79 Å². The van der Waals surface area contributed by atoms with E-state index in [1.165, 1.54) is 0 Å². The summed E-state index contributed by atoms with van der Waals surface area (Å²) in [5.41, 5.74) is 0. The SMILES string of the molecule is O=C(NCCc1nc(-c2cccs2)no1)C1CCCN1. The van der Waals surface area contributed by atoms with Crippen molar-refractivity contribution < 1.29 is 9.32 Å². The van der Waals surface area contributed by atoms with Crippen LogP contribution >= 0.6 is 11.3 Å². The van der Waals surface area contributed by atoms with Gasteiger partial charge in [-0.2, -0.15) is 4.98 Å². The molecule has 0 saturated carbocycles. The van der Waals surface area contributed by atoms with Crippen LogP contribution in [-0.4, -0.2) is 35.2 Å². The minimum Gasteiger partial charge on any atom is -0.354 e. The number of carbonyl (C=O) groups excluding carboxylic acids is 1. The van der Waals surface area contributed by atoms with E-state index in [0.29, 0.717) is 24.7 Å². The second-order valence-corrected chi connectivity index (χ2v) is 5.63. The fraction of sp³-hybridized carbons (Fsp3) is 0.462. The molecule has 3 heterocycles. The van der Waals surface area contributed by atoms with Gasteiger partial charge in [0.15, 0.2) is 0 Å². The Labute approximate surface area is 120 Å². The van der Waals surface area contributed by atoms with Gasteiger partial charge in [-0.15, -0.1) is 11.3 Å². The lowest BCUT2D eigenvalue weighted by Gasteiger charge is -2.09. The highest BCUT2D eigenvalue weighted by molar-refractivity contribution is 7.13. The summed E-state index contributed by atoms with van der Waals surface area (Å²) in [5, 5.41) is 12.0. The van der Waals surface area contributed by atoms with E-state index in [2.05, 4.69) is 20.8 Å². The highest BCUT2D eigenvalue weighted by Gasteiger charge is 2.21. The van der Waals surface area contributed by atoms with Crippen LogP contribution in [0.1, 0.15) is 18.7 Å². The lowest BCUT2D eigenvalue weighted by Crippen LogP contribution is -2.41. The van der Waals surface area contributed by atoms with Gasteiger partial charge in [-0.3, -0.25) is 4.79 Å². The van der Waals surface area contributed by atoms with Crippen molar-refractivity contribution in [1.82, 2.24) is 20.8 Å². The molecule has 2 N–H and O–H groups in total. The van der Waals surface area contributed by atoms with E-state index in [1.54, 1.807) is 11.3 Å². The minimum atomic E-state index is -0.0423. The Morgan fingerprint density at radius 3 is 3.30 bits per heavy atom. The number of hydrogen-bond acceptors (Lipinski definition) is 6. The van der Waals surface area contributed by atoms with Crippen molar-refractivity contribution in [2.24, 2.45) is 0 Å². The molecule has 7 heteroatoms. The molecule has 20 heavy (non-hydrogen) atoms.